The Hall–Kier alpha value is -1.55. The quantitative estimate of drug-likeness (QED) is 0.730. The normalized spacial score (nSPS) is 14.2. The summed E-state index contributed by atoms with van der Waals surface area (Å²) in [6.45, 7) is 3.52. The fourth-order valence-electron chi connectivity index (χ4n) is 1.60. The van der Waals surface area contributed by atoms with Crippen molar-refractivity contribution < 1.29 is 15.0 Å². The maximum atomic E-state index is 10.4. The van der Waals surface area contributed by atoms with E-state index in [9.17, 15) is 9.90 Å². The van der Waals surface area contributed by atoms with Crippen molar-refractivity contribution in [3.63, 3.8) is 0 Å². The Morgan fingerprint density at radius 2 is 2.12 bits per heavy atom. The molecule has 2 atom stereocenters. The van der Waals surface area contributed by atoms with Gasteiger partial charge in [0.25, 0.3) is 0 Å². The molecule has 0 radical (unpaired) electrons. The highest BCUT2D eigenvalue weighted by Gasteiger charge is 2.07. The second kappa shape index (κ2) is 5.51. The van der Waals surface area contributed by atoms with Gasteiger partial charge >= 0.3 is 6.09 Å². The number of aliphatic hydroxyl groups excluding tert-OH is 1. The molecule has 0 aliphatic rings. The van der Waals surface area contributed by atoms with E-state index in [-0.39, 0.29) is 6.04 Å². The second-order valence-electron chi connectivity index (χ2n) is 3.98. The van der Waals surface area contributed by atoms with Crippen molar-refractivity contribution >= 4 is 6.09 Å². The Bertz CT molecular complexity index is 363. The molecule has 0 aromatic heterocycles. The molecule has 0 heterocycles. The standard InChI is InChI=1S/C12H17NO3/c1-8(13-12(15)16)6-10-4-3-5-11(7-10)9(2)14/h3-5,7-9,13-14H,6H2,1-2H3,(H,15,16)/t8-,9+/m0/s1. The first-order valence-corrected chi connectivity index (χ1v) is 5.25. The second-order valence-corrected chi connectivity index (χ2v) is 3.98. The number of aliphatic hydroxyl groups is 1. The highest BCUT2D eigenvalue weighted by Crippen LogP contribution is 2.14. The van der Waals surface area contributed by atoms with Gasteiger partial charge in [-0.15, -0.1) is 0 Å². The lowest BCUT2D eigenvalue weighted by molar-refractivity contribution is 0.190. The number of carbonyl (C=O) groups is 1. The highest BCUT2D eigenvalue weighted by atomic mass is 16.4. The smallest absolute Gasteiger partial charge is 0.404 e. The van der Waals surface area contributed by atoms with Gasteiger partial charge in [0.2, 0.25) is 0 Å². The molecule has 1 aromatic rings. The average molecular weight is 223 g/mol. The lowest BCUT2D eigenvalue weighted by Crippen LogP contribution is -2.32. The number of carboxylic acid groups (broad SMARTS) is 1. The first kappa shape index (κ1) is 12.5. The van der Waals surface area contributed by atoms with Crippen molar-refractivity contribution in [2.75, 3.05) is 0 Å². The fraction of sp³-hybridized carbons (Fsp3) is 0.417. The first-order valence-electron chi connectivity index (χ1n) is 5.25. The fourth-order valence-corrected chi connectivity index (χ4v) is 1.60. The van der Waals surface area contributed by atoms with Crippen molar-refractivity contribution in [1.29, 1.82) is 0 Å². The molecule has 4 nitrogen and oxygen atoms in total. The zero-order valence-corrected chi connectivity index (χ0v) is 9.47. The number of nitrogens with one attached hydrogen (secondary N) is 1. The zero-order chi connectivity index (χ0) is 12.1. The Balaban J connectivity index is 2.66. The van der Waals surface area contributed by atoms with Gasteiger partial charge in [0.1, 0.15) is 0 Å². The lowest BCUT2D eigenvalue weighted by atomic mass is 10.0. The summed E-state index contributed by atoms with van der Waals surface area (Å²) in [5.41, 5.74) is 1.86. The summed E-state index contributed by atoms with van der Waals surface area (Å²) in [7, 11) is 0. The first-order chi connectivity index (χ1) is 7.49. The molecule has 0 aliphatic heterocycles. The molecule has 0 saturated carbocycles. The number of hydrogen-bond donors (Lipinski definition) is 3. The number of rotatable bonds is 4. The lowest BCUT2D eigenvalue weighted by Gasteiger charge is -2.12. The number of amides is 1. The van der Waals surface area contributed by atoms with Crippen molar-refractivity contribution in [2.45, 2.75) is 32.4 Å². The van der Waals surface area contributed by atoms with Crippen LogP contribution < -0.4 is 5.32 Å². The van der Waals surface area contributed by atoms with Crippen LogP contribution in [0, 0.1) is 0 Å². The molecule has 16 heavy (non-hydrogen) atoms. The van der Waals surface area contributed by atoms with Crippen LogP contribution in [0.5, 0.6) is 0 Å². The molecule has 0 fully saturated rings. The molecule has 4 heteroatoms. The average Bonchev–Trinajstić information content (AvgIpc) is 2.16. The minimum absolute atomic E-state index is 0.137. The van der Waals surface area contributed by atoms with Gasteiger partial charge in [0.05, 0.1) is 6.10 Å². The van der Waals surface area contributed by atoms with E-state index in [0.29, 0.717) is 6.42 Å². The Morgan fingerprint density at radius 1 is 1.44 bits per heavy atom. The van der Waals surface area contributed by atoms with Gasteiger partial charge in [0.15, 0.2) is 0 Å². The molecule has 1 aromatic carbocycles. The van der Waals surface area contributed by atoms with E-state index in [2.05, 4.69) is 5.32 Å². The van der Waals surface area contributed by atoms with Crippen LogP contribution in [0.4, 0.5) is 4.79 Å². The number of benzene rings is 1. The van der Waals surface area contributed by atoms with Crippen LogP contribution >= 0.6 is 0 Å². The van der Waals surface area contributed by atoms with Crippen LogP contribution in [0.1, 0.15) is 31.1 Å². The Kier molecular flexibility index (Phi) is 4.31. The molecular weight excluding hydrogens is 206 g/mol. The van der Waals surface area contributed by atoms with E-state index in [0.717, 1.165) is 11.1 Å². The molecule has 0 unspecified atom stereocenters. The van der Waals surface area contributed by atoms with Crippen LogP contribution in [-0.4, -0.2) is 22.3 Å². The molecule has 1 rings (SSSR count). The van der Waals surface area contributed by atoms with Crippen LogP contribution in [-0.2, 0) is 6.42 Å². The Labute approximate surface area is 94.9 Å². The summed E-state index contributed by atoms with van der Waals surface area (Å²) in [4.78, 5) is 10.4. The van der Waals surface area contributed by atoms with Crippen LogP contribution in [0.3, 0.4) is 0 Å². The molecule has 0 saturated heterocycles. The third kappa shape index (κ3) is 3.90. The topological polar surface area (TPSA) is 69.6 Å². The molecule has 88 valence electrons. The summed E-state index contributed by atoms with van der Waals surface area (Å²) in [6.07, 6.45) is -0.894. The van der Waals surface area contributed by atoms with Crippen molar-refractivity contribution in [3.8, 4) is 0 Å². The van der Waals surface area contributed by atoms with E-state index in [1.165, 1.54) is 0 Å². The molecule has 0 aliphatic carbocycles. The van der Waals surface area contributed by atoms with Crippen molar-refractivity contribution in [3.05, 3.63) is 35.4 Å². The monoisotopic (exact) mass is 223 g/mol. The van der Waals surface area contributed by atoms with Crippen LogP contribution in [0.25, 0.3) is 0 Å². The van der Waals surface area contributed by atoms with Gasteiger partial charge in [-0.2, -0.15) is 0 Å². The van der Waals surface area contributed by atoms with E-state index in [4.69, 9.17) is 5.11 Å². The maximum absolute atomic E-state index is 10.4. The summed E-state index contributed by atoms with van der Waals surface area (Å²) in [5, 5.41) is 20.4. The molecule has 0 spiro atoms. The summed E-state index contributed by atoms with van der Waals surface area (Å²) in [5.74, 6) is 0. The van der Waals surface area contributed by atoms with E-state index >= 15 is 0 Å². The third-order valence-electron chi connectivity index (χ3n) is 2.35. The molecule has 3 N–H and O–H groups in total. The molecular formula is C12H17NO3. The predicted octanol–water partition coefficient (Wildman–Crippen LogP) is 1.94. The Morgan fingerprint density at radius 3 is 2.69 bits per heavy atom. The SMILES string of the molecule is C[C@@H](Cc1cccc([C@@H](C)O)c1)NC(=O)O. The molecule has 1 amide bonds. The van der Waals surface area contributed by atoms with Crippen molar-refractivity contribution in [1.82, 2.24) is 5.32 Å². The summed E-state index contributed by atoms with van der Waals surface area (Å²) in [6, 6.07) is 7.40. The maximum Gasteiger partial charge on any atom is 0.404 e. The van der Waals surface area contributed by atoms with Gasteiger partial charge in [-0.25, -0.2) is 4.79 Å². The number of hydrogen-bond acceptors (Lipinski definition) is 2. The largest absolute Gasteiger partial charge is 0.465 e. The van der Waals surface area contributed by atoms with Crippen LogP contribution in [0.2, 0.25) is 0 Å². The summed E-state index contributed by atoms with van der Waals surface area (Å²) >= 11 is 0. The summed E-state index contributed by atoms with van der Waals surface area (Å²) < 4.78 is 0. The van der Waals surface area contributed by atoms with Gasteiger partial charge in [-0.1, -0.05) is 24.3 Å². The predicted molar refractivity (Wildman–Crippen MR) is 61.4 cm³/mol. The highest BCUT2D eigenvalue weighted by molar-refractivity contribution is 5.64. The van der Waals surface area contributed by atoms with Gasteiger partial charge in [0, 0.05) is 6.04 Å². The van der Waals surface area contributed by atoms with E-state index in [1.54, 1.807) is 6.92 Å². The van der Waals surface area contributed by atoms with Gasteiger partial charge in [-0.05, 0) is 31.4 Å². The molecule has 0 bridgehead atoms. The third-order valence-corrected chi connectivity index (χ3v) is 2.35. The minimum Gasteiger partial charge on any atom is -0.465 e. The van der Waals surface area contributed by atoms with Gasteiger partial charge < -0.3 is 15.5 Å². The van der Waals surface area contributed by atoms with Crippen molar-refractivity contribution in [2.24, 2.45) is 0 Å². The minimum atomic E-state index is -1.01. The zero-order valence-electron chi connectivity index (χ0n) is 9.47. The van der Waals surface area contributed by atoms with E-state index in [1.807, 2.05) is 31.2 Å². The van der Waals surface area contributed by atoms with Gasteiger partial charge in [-0.3, -0.25) is 0 Å². The van der Waals surface area contributed by atoms with E-state index < -0.39 is 12.2 Å². The van der Waals surface area contributed by atoms with Crippen LogP contribution in [0.15, 0.2) is 24.3 Å².